The molecule has 1 fully saturated rings. The summed E-state index contributed by atoms with van der Waals surface area (Å²) in [6, 6.07) is 0. The molecule has 1 aliphatic heterocycles. The summed E-state index contributed by atoms with van der Waals surface area (Å²) < 4.78 is 0. The van der Waals surface area contributed by atoms with Crippen LogP contribution in [0.15, 0.2) is 0 Å². The maximum absolute atomic E-state index is 11.6. The van der Waals surface area contributed by atoms with Gasteiger partial charge in [-0.1, -0.05) is 6.92 Å². The monoisotopic (exact) mass is 186 g/mol. The van der Waals surface area contributed by atoms with E-state index >= 15 is 0 Å². The van der Waals surface area contributed by atoms with Gasteiger partial charge in [-0.05, 0) is 12.8 Å². The van der Waals surface area contributed by atoms with Crippen molar-refractivity contribution in [1.29, 1.82) is 0 Å². The van der Waals surface area contributed by atoms with Crippen molar-refractivity contribution >= 4 is 5.91 Å². The third kappa shape index (κ3) is 2.67. The molecule has 1 amide bonds. The fraction of sp³-hybridized carbons (Fsp3) is 0.889. The minimum absolute atomic E-state index is 0.0877. The lowest BCUT2D eigenvalue weighted by Gasteiger charge is -2.31. The van der Waals surface area contributed by atoms with Crippen LogP contribution in [-0.4, -0.2) is 41.7 Å². The molecule has 0 bridgehead atoms. The van der Waals surface area contributed by atoms with Gasteiger partial charge in [-0.25, -0.2) is 0 Å². The van der Waals surface area contributed by atoms with Gasteiger partial charge in [0, 0.05) is 25.6 Å². The SMILES string of the molecule is CC(CN)C(=O)N1CCC(O)CC1. The van der Waals surface area contributed by atoms with Gasteiger partial charge in [0.2, 0.25) is 5.91 Å². The highest BCUT2D eigenvalue weighted by atomic mass is 16.3. The Morgan fingerprint density at radius 2 is 2.15 bits per heavy atom. The number of hydrogen-bond donors (Lipinski definition) is 2. The molecule has 0 aliphatic carbocycles. The molecule has 0 saturated carbocycles. The largest absolute Gasteiger partial charge is 0.393 e. The number of likely N-dealkylation sites (tertiary alicyclic amines) is 1. The Morgan fingerprint density at radius 3 is 2.62 bits per heavy atom. The van der Waals surface area contributed by atoms with Crippen LogP contribution in [0, 0.1) is 5.92 Å². The van der Waals surface area contributed by atoms with Gasteiger partial charge in [0.25, 0.3) is 0 Å². The summed E-state index contributed by atoms with van der Waals surface area (Å²) in [5, 5.41) is 9.24. The van der Waals surface area contributed by atoms with Crippen molar-refractivity contribution in [3.63, 3.8) is 0 Å². The zero-order valence-electron chi connectivity index (χ0n) is 8.07. The number of piperidine rings is 1. The van der Waals surface area contributed by atoms with Crippen molar-refractivity contribution in [2.24, 2.45) is 11.7 Å². The number of hydrogen-bond acceptors (Lipinski definition) is 3. The highest BCUT2D eigenvalue weighted by Crippen LogP contribution is 2.12. The van der Waals surface area contributed by atoms with Crippen LogP contribution >= 0.6 is 0 Å². The molecule has 1 saturated heterocycles. The van der Waals surface area contributed by atoms with Crippen molar-refractivity contribution in [1.82, 2.24) is 4.90 Å². The van der Waals surface area contributed by atoms with Gasteiger partial charge in [0.05, 0.1) is 6.10 Å². The van der Waals surface area contributed by atoms with Gasteiger partial charge in [-0.2, -0.15) is 0 Å². The molecule has 1 heterocycles. The van der Waals surface area contributed by atoms with E-state index in [0.29, 0.717) is 32.5 Å². The van der Waals surface area contributed by atoms with Crippen molar-refractivity contribution in [3.8, 4) is 0 Å². The van der Waals surface area contributed by atoms with E-state index in [1.54, 1.807) is 4.90 Å². The van der Waals surface area contributed by atoms with E-state index in [1.165, 1.54) is 0 Å². The molecule has 0 aromatic carbocycles. The van der Waals surface area contributed by atoms with Gasteiger partial charge in [0.15, 0.2) is 0 Å². The van der Waals surface area contributed by atoms with Gasteiger partial charge in [0.1, 0.15) is 0 Å². The molecular formula is C9H18N2O2. The molecule has 3 N–H and O–H groups in total. The van der Waals surface area contributed by atoms with E-state index in [0.717, 1.165) is 0 Å². The predicted molar refractivity (Wildman–Crippen MR) is 50.0 cm³/mol. The standard InChI is InChI=1S/C9H18N2O2/c1-7(6-10)9(13)11-4-2-8(12)3-5-11/h7-8,12H,2-6,10H2,1H3. The maximum atomic E-state index is 11.6. The zero-order valence-corrected chi connectivity index (χ0v) is 8.07. The molecular weight excluding hydrogens is 168 g/mol. The molecule has 0 aromatic heterocycles. The average molecular weight is 186 g/mol. The summed E-state index contributed by atoms with van der Waals surface area (Å²) in [6.07, 6.45) is 1.17. The number of rotatable bonds is 2. The topological polar surface area (TPSA) is 66.6 Å². The van der Waals surface area contributed by atoms with Crippen LogP contribution in [0.5, 0.6) is 0 Å². The molecule has 1 rings (SSSR count). The van der Waals surface area contributed by atoms with Gasteiger partial charge >= 0.3 is 0 Å². The van der Waals surface area contributed by atoms with E-state index in [9.17, 15) is 9.90 Å². The molecule has 0 radical (unpaired) electrons. The average Bonchev–Trinajstić information content (AvgIpc) is 2.17. The second kappa shape index (κ2) is 4.58. The van der Waals surface area contributed by atoms with Gasteiger partial charge in [-0.3, -0.25) is 4.79 Å². The van der Waals surface area contributed by atoms with E-state index in [4.69, 9.17) is 5.73 Å². The fourth-order valence-electron chi connectivity index (χ4n) is 1.50. The molecule has 1 atom stereocenters. The Balaban J connectivity index is 2.40. The molecule has 0 spiro atoms. The van der Waals surface area contributed by atoms with E-state index in [-0.39, 0.29) is 17.9 Å². The lowest BCUT2D eigenvalue weighted by molar-refractivity contribution is -0.136. The first-order valence-corrected chi connectivity index (χ1v) is 4.82. The second-order valence-electron chi connectivity index (χ2n) is 3.69. The molecule has 4 nitrogen and oxygen atoms in total. The van der Waals surface area contributed by atoms with Crippen LogP contribution in [0.4, 0.5) is 0 Å². The van der Waals surface area contributed by atoms with Crippen LogP contribution in [-0.2, 0) is 4.79 Å². The van der Waals surface area contributed by atoms with Crippen molar-refractivity contribution in [2.75, 3.05) is 19.6 Å². The number of nitrogens with two attached hydrogens (primary N) is 1. The molecule has 4 heteroatoms. The first-order chi connectivity index (χ1) is 6.15. The van der Waals surface area contributed by atoms with Crippen LogP contribution in [0.25, 0.3) is 0 Å². The van der Waals surface area contributed by atoms with Crippen LogP contribution in [0.3, 0.4) is 0 Å². The van der Waals surface area contributed by atoms with Gasteiger partial charge < -0.3 is 15.7 Å². The van der Waals surface area contributed by atoms with Gasteiger partial charge in [-0.15, -0.1) is 0 Å². The number of aliphatic hydroxyl groups excluding tert-OH is 1. The first-order valence-electron chi connectivity index (χ1n) is 4.82. The quantitative estimate of drug-likeness (QED) is 0.614. The minimum Gasteiger partial charge on any atom is -0.393 e. The van der Waals surface area contributed by atoms with Crippen molar-refractivity contribution < 1.29 is 9.90 Å². The van der Waals surface area contributed by atoms with Crippen molar-refractivity contribution in [2.45, 2.75) is 25.9 Å². The lowest BCUT2D eigenvalue weighted by Crippen LogP contribution is -2.43. The first kappa shape index (κ1) is 10.5. The van der Waals surface area contributed by atoms with Crippen molar-refractivity contribution in [3.05, 3.63) is 0 Å². The third-order valence-electron chi connectivity index (χ3n) is 2.55. The number of nitrogens with zero attached hydrogens (tertiary/aromatic N) is 1. The van der Waals surface area contributed by atoms with Crippen LogP contribution in [0.1, 0.15) is 19.8 Å². The molecule has 13 heavy (non-hydrogen) atoms. The summed E-state index contributed by atoms with van der Waals surface area (Å²) in [4.78, 5) is 13.4. The van der Waals surface area contributed by atoms with Crippen LogP contribution in [0.2, 0.25) is 0 Å². The lowest BCUT2D eigenvalue weighted by atomic mass is 10.1. The predicted octanol–water partition coefficient (Wildman–Crippen LogP) is -0.435. The Hall–Kier alpha value is -0.610. The highest BCUT2D eigenvalue weighted by Gasteiger charge is 2.23. The summed E-state index contributed by atoms with van der Waals surface area (Å²) in [5.41, 5.74) is 5.41. The molecule has 76 valence electrons. The number of amides is 1. The Kier molecular flexibility index (Phi) is 3.69. The zero-order chi connectivity index (χ0) is 9.84. The Labute approximate surface area is 78.7 Å². The van der Waals surface area contributed by atoms with E-state index < -0.39 is 0 Å². The number of carbonyl (C=O) groups is 1. The number of carbonyl (C=O) groups excluding carboxylic acids is 1. The second-order valence-corrected chi connectivity index (χ2v) is 3.69. The smallest absolute Gasteiger partial charge is 0.226 e. The summed E-state index contributed by atoms with van der Waals surface area (Å²) >= 11 is 0. The minimum atomic E-state index is -0.225. The molecule has 1 aliphatic rings. The Morgan fingerprint density at radius 1 is 1.62 bits per heavy atom. The summed E-state index contributed by atoms with van der Waals surface area (Å²) in [6.45, 7) is 3.58. The molecule has 1 unspecified atom stereocenters. The summed E-state index contributed by atoms with van der Waals surface area (Å²) in [7, 11) is 0. The summed E-state index contributed by atoms with van der Waals surface area (Å²) in [5.74, 6) is 0.0321. The van der Waals surface area contributed by atoms with E-state index in [2.05, 4.69) is 0 Å². The fourth-order valence-corrected chi connectivity index (χ4v) is 1.50. The molecule has 0 aromatic rings. The highest BCUT2D eigenvalue weighted by molar-refractivity contribution is 5.78. The normalized spacial score (nSPS) is 21.6. The van der Waals surface area contributed by atoms with Crippen LogP contribution < -0.4 is 5.73 Å². The maximum Gasteiger partial charge on any atom is 0.226 e. The van der Waals surface area contributed by atoms with E-state index in [1.807, 2.05) is 6.92 Å². The Bertz CT molecular complexity index is 176. The number of aliphatic hydroxyl groups is 1. The third-order valence-corrected chi connectivity index (χ3v) is 2.55.